The summed E-state index contributed by atoms with van der Waals surface area (Å²) in [6.07, 6.45) is 2.73. The predicted octanol–water partition coefficient (Wildman–Crippen LogP) is 5.57. The Balaban J connectivity index is 1.89. The number of nitrogens with zero attached hydrogens (tertiary/aromatic N) is 2. The van der Waals surface area contributed by atoms with Gasteiger partial charge in [0.05, 0.1) is 0 Å². The minimum atomic E-state index is -0.387. The molecule has 29 heavy (non-hydrogen) atoms. The van der Waals surface area contributed by atoms with Crippen molar-refractivity contribution in [2.24, 2.45) is 0 Å². The van der Waals surface area contributed by atoms with Gasteiger partial charge in [-0.25, -0.2) is 0 Å². The lowest BCUT2D eigenvalue weighted by atomic mass is 9.80. The molecule has 0 aromatic heterocycles. The van der Waals surface area contributed by atoms with Crippen LogP contribution in [-0.2, 0) is 4.79 Å². The molecule has 1 unspecified atom stereocenters. The highest BCUT2D eigenvalue weighted by Crippen LogP contribution is 2.42. The van der Waals surface area contributed by atoms with Crippen LogP contribution in [-0.4, -0.2) is 18.5 Å². The van der Waals surface area contributed by atoms with E-state index in [0.717, 1.165) is 23.1 Å². The van der Waals surface area contributed by atoms with Crippen LogP contribution in [0.5, 0.6) is 0 Å². The molecule has 3 rings (SSSR count). The third-order valence-electron chi connectivity index (χ3n) is 5.81. The molecule has 1 aliphatic rings. The second kappa shape index (κ2) is 7.75. The molecule has 1 aliphatic heterocycles. The first-order valence-corrected chi connectivity index (χ1v) is 10.00. The predicted molar refractivity (Wildman–Crippen MR) is 120 cm³/mol. The topological polar surface area (TPSA) is 56.1 Å². The van der Waals surface area contributed by atoms with Crippen molar-refractivity contribution in [2.45, 2.75) is 52.5 Å². The van der Waals surface area contributed by atoms with Crippen molar-refractivity contribution in [2.75, 3.05) is 17.3 Å². The quantitative estimate of drug-likeness (QED) is 0.553. The zero-order valence-corrected chi connectivity index (χ0v) is 18.1. The Morgan fingerprint density at radius 1 is 1.21 bits per heavy atom. The molecule has 150 valence electrons. The van der Waals surface area contributed by atoms with Crippen LogP contribution in [0.15, 0.2) is 42.0 Å². The van der Waals surface area contributed by atoms with Crippen LogP contribution in [0.25, 0.3) is 6.08 Å². The van der Waals surface area contributed by atoms with Crippen LogP contribution in [0.1, 0.15) is 55.4 Å². The Labute approximate surface area is 173 Å². The number of hydrogen-bond acceptors (Lipinski definition) is 3. The SMILES string of the molecule is Cc1cc(C)cc(NC(=O)/C(C#N)=C/c2ccc3c(c2)C(C)CC(C)(C)N3C)c1. The summed E-state index contributed by atoms with van der Waals surface area (Å²) in [7, 11) is 2.12. The molecule has 2 aromatic rings. The van der Waals surface area contributed by atoms with Gasteiger partial charge in [-0.15, -0.1) is 0 Å². The number of aryl methyl sites for hydroxylation is 2. The molecule has 0 fully saturated rings. The number of benzene rings is 2. The monoisotopic (exact) mass is 387 g/mol. The lowest BCUT2D eigenvalue weighted by Crippen LogP contribution is -2.45. The zero-order chi connectivity index (χ0) is 21.3. The summed E-state index contributed by atoms with van der Waals surface area (Å²) in [6, 6.07) is 14.1. The summed E-state index contributed by atoms with van der Waals surface area (Å²) in [5, 5.41) is 12.4. The van der Waals surface area contributed by atoms with Crippen molar-refractivity contribution < 1.29 is 4.79 Å². The van der Waals surface area contributed by atoms with Crippen LogP contribution in [0.3, 0.4) is 0 Å². The van der Waals surface area contributed by atoms with Gasteiger partial charge < -0.3 is 10.2 Å². The second-order valence-electron chi connectivity index (χ2n) is 8.80. The average Bonchev–Trinajstić information content (AvgIpc) is 2.63. The van der Waals surface area contributed by atoms with E-state index in [1.165, 1.54) is 11.3 Å². The maximum absolute atomic E-state index is 12.7. The molecule has 4 heteroatoms. The highest BCUT2D eigenvalue weighted by molar-refractivity contribution is 6.09. The Morgan fingerprint density at radius 3 is 2.48 bits per heavy atom. The standard InChI is InChI=1S/C25H29N3O/c1-16-9-17(2)11-21(10-16)27-24(29)20(15-26)12-19-7-8-23-22(13-19)18(3)14-25(4,5)28(23)6/h7-13,18H,14H2,1-6H3,(H,27,29)/b20-12+. The molecule has 0 spiro atoms. The van der Waals surface area contributed by atoms with Gasteiger partial charge in [-0.3, -0.25) is 4.79 Å². The van der Waals surface area contributed by atoms with E-state index >= 15 is 0 Å². The number of rotatable bonds is 3. The Bertz CT molecular complexity index is 1010. The van der Waals surface area contributed by atoms with Gasteiger partial charge in [0.15, 0.2) is 0 Å². The van der Waals surface area contributed by atoms with Crippen LogP contribution < -0.4 is 10.2 Å². The molecule has 4 nitrogen and oxygen atoms in total. The molecule has 0 radical (unpaired) electrons. The van der Waals surface area contributed by atoms with Crippen molar-refractivity contribution in [3.05, 3.63) is 64.2 Å². The first-order chi connectivity index (χ1) is 13.6. The van der Waals surface area contributed by atoms with E-state index in [4.69, 9.17) is 0 Å². The molecular formula is C25H29N3O. The highest BCUT2D eigenvalue weighted by atomic mass is 16.1. The maximum Gasteiger partial charge on any atom is 0.266 e. The number of anilines is 2. The number of carbonyl (C=O) groups excluding carboxylic acids is 1. The molecule has 0 saturated heterocycles. The molecule has 1 atom stereocenters. The summed E-state index contributed by atoms with van der Waals surface area (Å²) in [4.78, 5) is 15.0. The maximum atomic E-state index is 12.7. The van der Waals surface area contributed by atoms with Gasteiger partial charge in [0.2, 0.25) is 0 Å². The summed E-state index contributed by atoms with van der Waals surface area (Å²) in [6.45, 7) is 10.7. The van der Waals surface area contributed by atoms with E-state index in [0.29, 0.717) is 11.6 Å². The van der Waals surface area contributed by atoms with Gasteiger partial charge in [0.1, 0.15) is 11.6 Å². The van der Waals surface area contributed by atoms with E-state index in [2.05, 4.69) is 56.2 Å². The Kier molecular flexibility index (Phi) is 5.53. The lowest BCUT2D eigenvalue weighted by molar-refractivity contribution is -0.112. The van der Waals surface area contributed by atoms with Crippen molar-refractivity contribution in [1.29, 1.82) is 5.26 Å². The molecular weight excluding hydrogens is 358 g/mol. The highest BCUT2D eigenvalue weighted by Gasteiger charge is 2.33. The van der Waals surface area contributed by atoms with Gasteiger partial charge in [0.25, 0.3) is 5.91 Å². The number of carbonyl (C=O) groups is 1. The van der Waals surface area contributed by atoms with Crippen molar-refractivity contribution in [3.8, 4) is 6.07 Å². The fourth-order valence-corrected chi connectivity index (χ4v) is 4.25. The Hall–Kier alpha value is -3.06. The Morgan fingerprint density at radius 2 is 1.86 bits per heavy atom. The summed E-state index contributed by atoms with van der Waals surface area (Å²) < 4.78 is 0. The first-order valence-electron chi connectivity index (χ1n) is 10.00. The molecule has 1 N–H and O–H groups in total. The fourth-order valence-electron chi connectivity index (χ4n) is 4.25. The van der Waals surface area contributed by atoms with E-state index in [-0.39, 0.29) is 17.0 Å². The second-order valence-corrected chi connectivity index (χ2v) is 8.80. The van der Waals surface area contributed by atoms with Gasteiger partial charge in [-0.05, 0) is 92.6 Å². The molecule has 0 aliphatic carbocycles. The van der Waals surface area contributed by atoms with E-state index in [1.807, 2.05) is 38.1 Å². The van der Waals surface area contributed by atoms with Crippen molar-refractivity contribution in [3.63, 3.8) is 0 Å². The lowest BCUT2D eigenvalue weighted by Gasteiger charge is -2.45. The van der Waals surface area contributed by atoms with Crippen molar-refractivity contribution >= 4 is 23.4 Å². The normalized spacial score (nSPS) is 18.0. The van der Waals surface area contributed by atoms with Crippen LogP contribution >= 0.6 is 0 Å². The smallest absolute Gasteiger partial charge is 0.266 e. The third kappa shape index (κ3) is 4.35. The number of hydrogen-bond donors (Lipinski definition) is 1. The molecule has 1 amide bonds. The van der Waals surface area contributed by atoms with Crippen LogP contribution in [0, 0.1) is 25.2 Å². The first kappa shape index (κ1) is 20.7. The van der Waals surface area contributed by atoms with Gasteiger partial charge in [-0.1, -0.05) is 19.1 Å². The number of amides is 1. The minimum absolute atomic E-state index is 0.0984. The number of nitriles is 1. The summed E-state index contributed by atoms with van der Waals surface area (Å²) in [5.74, 6) is 0.0284. The molecule has 2 aromatic carbocycles. The average molecular weight is 388 g/mol. The van der Waals surface area contributed by atoms with E-state index in [9.17, 15) is 10.1 Å². The van der Waals surface area contributed by atoms with E-state index < -0.39 is 0 Å². The van der Waals surface area contributed by atoms with Crippen LogP contribution in [0.4, 0.5) is 11.4 Å². The molecule has 1 heterocycles. The van der Waals surface area contributed by atoms with Gasteiger partial charge >= 0.3 is 0 Å². The molecule has 0 bridgehead atoms. The number of nitrogens with one attached hydrogen (secondary N) is 1. The van der Waals surface area contributed by atoms with Gasteiger partial charge in [0, 0.05) is 24.0 Å². The van der Waals surface area contributed by atoms with E-state index in [1.54, 1.807) is 6.08 Å². The zero-order valence-electron chi connectivity index (χ0n) is 18.1. The summed E-state index contributed by atoms with van der Waals surface area (Å²) in [5.41, 5.74) is 6.38. The minimum Gasteiger partial charge on any atom is -0.369 e. The summed E-state index contributed by atoms with van der Waals surface area (Å²) >= 11 is 0. The third-order valence-corrected chi connectivity index (χ3v) is 5.81. The largest absolute Gasteiger partial charge is 0.369 e. The van der Waals surface area contributed by atoms with Gasteiger partial charge in [-0.2, -0.15) is 5.26 Å². The number of fused-ring (bicyclic) bond motifs is 1. The van der Waals surface area contributed by atoms with Crippen molar-refractivity contribution in [1.82, 2.24) is 0 Å². The molecule has 0 saturated carbocycles. The fraction of sp³-hybridized carbons (Fsp3) is 0.360. The van der Waals surface area contributed by atoms with Crippen LogP contribution in [0.2, 0.25) is 0 Å².